The summed E-state index contributed by atoms with van der Waals surface area (Å²) in [6.45, 7) is 2.01. The molecule has 0 heterocycles. The van der Waals surface area contributed by atoms with E-state index in [1.807, 2.05) is 31.2 Å². The molecule has 0 unspecified atom stereocenters. The summed E-state index contributed by atoms with van der Waals surface area (Å²) in [5.41, 5.74) is 1.97. The molecule has 1 aromatic carbocycles. The number of aryl methyl sites for hydroxylation is 1. The molecule has 13 heavy (non-hydrogen) atoms. The van der Waals surface area contributed by atoms with Crippen LogP contribution < -0.4 is 0 Å². The molecule has 1 nitrogen and oxygen atoms in total. The Bertz CT molecular complexity index is 328. The van der Waals surface area contributed by atoms with Crippen molar-refractivity contribution in [2.24, 2.45) is 5.92 Å². The molecule has 0 amide bonds. The third kappa shape index (κ3) is 1.75. The quantitative estimate of drug-likeness (QED) is 0.523. The average molecular weight is 195 g/mol. The topological polar surface area (TPSA) is 17.1 Å². The SMILES string of the molecule is Cc1ccc(C(=O)[C@@H]2C[C@H]2Cl)cc1. The second kappa shape index (κ2) is 3.15. The largest absolute Gasteiger partial charge is 0.294 e. The molecule has 1 saturated carbocycles. The first kappa shape index (κ1) is 8.76. The summed E-state index contributed by atoms with van der Waals surface area (Å²) in [7, 11) is 0. The molecule has 0 aliphatic heterocycles. The van der Waals surface area contributed by atoms with Crippen molar-refractivity contribution in [2.45, 2.75) is 18.7 Å². The van der Waals surface area contributed by atoms with Crippen LogP contribution in [-0.2, 0) is 0 Å². The first-order chi connectivity index (χ1) is 6.18. The van der Waals surface area contributed by atoms with Gasteiger partial charge in [0.2, 0.25) is 0 Å². The summed E-state index contributed by atoms with van der Waals surface area (Å²) in [4.78, 5) is 11.6. The van der Waals surface area contributed by atoms with E-state index in [2.05, 4.69) is 0 Å². The monoisotopic (exact) mass is 194 g/mol. The minimum atomic E-state index is 0.0735. The van der Waals surface area contributed by atoms with Crippen LogP contribution in [0.2, 0.25) is 0 Å². The molecule has 2 heteroatoms. The van der Waals surface area contributed by atoms with Crippen LogP contribution in [0.1, 0.15) is 22.3 Å². The number of ketones is 1. The van der Waals surface area contributed by atoms with Gasteiger partial charge in [0.25, 0.3) is 0 Å². The van der Waals surface area contributed by atoms with Gasteiger partial charge in [-0.25, -0.2) is 0 Å². The molecule has 68 valence electrons. The van der Waals surface area contributed by atoms with Gasteiger partial charge in [-0.2, -0.15) is 0 Å². The Kier molecular flexibility index (Phi) is 2.12. The Morgan fingerprint density at radius 1 is 1.38 bits per heavy atom. The fraction of sp³-hybridized carbons (Fsp3) is 0.364. The van der Waals surface area contributed by atoms with Crippen molar-refractivity contribution >= 4 is 17.4 Å². The standard InChI is InChI=1S/C11H11ClO/c1-7-2-4-8(5-3-7)11(13)9-6-10(9)12/h2-5,9-10H,6H2,1H3/t9-,10-/m1/s1. The lowest BCUT2D eigenvalue weighted by Crippen LogP contribution is -2.02. The summed E-state index contributed by atoms with van der Waals surface area (Å²) in [5, 5.41) is 0.0776. The van der Waals surface area contributed by atoms with Gasteiger partial charge in [-0.15, -0.1) is 11.6 Å². The zero-order valence-corrected chi connectivity index (χ0v) is 8.21. The lowest BCUT2D eigenvalue weighted by Gasteiger charge is -1.98. The molecule has 1 aliphatic carbocycles. The maximum atomic E-state index is 11.6. The fourth-order valence-corrected chi connectivity index (χ4v) is 1.67. The molecule has 0 saturated heterocycles. The van der Waals surface area contributed by atoms with Crippen molar-refractivity contribution in [3.8, 4) is 0 Å². The van der Waals surface area contributed by atoms with Gasteiger partial charge in [0, 0.05) is 16.9 Å². The number of hydrogen-bond acceptors (Lipinski definition) is 1. The average Bonchev–Trinajstić information content (AvgIpc) is 2.83. The molecule has 0 aromatic heterocycles. The van der Waals surface area contributed by atoms with Crippen molar-refractivity contribution < 1.29 is 4.79 Å². The van der Waals surface area contributed by atoms with Crippen LogP contribution >= 0.6 is 11.6 Å². The van der Waals surface area contributed by atoms with E-state index in [1.54, 1.807) is 0 Å². The Hall–Kier alpha value is -0.820. The van der Waals surface area contributed by atoms with Gasteiger partial charge >= 0.3 is 0 Å². The van der Waals surface area contributed by atoms with Gasteiger partial charge in [0.1, 0.15) is 0 Å². The van der Waals surface area contributed by atoms with E-state index in [4.69, 9.17) is 11.6 Å². The number of carbonyl (C=O) groups is 1. The van der Waals surface area contributed by atoms with E-state index in [-0.39, 0.29) is 17.1 Å². The molecule has 2 atom stereocenters. The fourth-order valence-electron chi connectivity index (χ4n) is 1.37. The van der Waals surface area contributed by atoms with Crippen molar-refractivity contribution in [2.75, 3.05) is 0 Å². The lowest BCUT2D eigenvalue weighted by atomic mass is 10.1. The summed E-state index contributed by atoms with van der Waals surface area (Å²) in [5.74, 6) is 0.268. The van der Waals surface area contributed by atoms with Crippen molar-refractivity contribution in [3.05, 3.63) is 35.4 Å². The number of Topliss-reactive ketones (excluding diaryl/α,β-unsaturated/α-hetero) is 1. The van der Waals surface area contributed by atoms with E-state index in [0.29, 0.717) is 0 Å². The van der Waals surface area contributed by atoms with Crippen LogP contribution in [0.3, 0.4) is 0 Å². The highest BCUT2D eigenvalue weighted by molar-refractivity contribution is 6.25. The minimum absolute atomic E-state index is 0.0735. The summed E-state index contributed by atoms with van der Waals surface area (Å²) >= 11 is 5.81. The maximum absolute atomic E-state index is 11.6. The van der Waals surface area contributed by atoms with E-state index in [0.717, 1.165) is 12.0 Å². The summed E-state index contributed by atoms with van der Waals surface area (Å²) in [6.07, 6.45) is 0.842. The highest BCUT2D eigenvalue weighted by atomic mass is 35.5. The Labute approximate surface area is 82.7 Å². The van der Waals surface area contributed by atoms with Gasteiger partial charge in [-0.05, 0) is 13.3 Å². The summed E-state index contributed by atoms with van der Waals surface area (Å²) < 4.78 is 0. The first-order valence-corrected chi connectivity index (χ1v) is 4.87. The predicted octanol–water partition coefficient (Wildman–Crippen LogP) is 2.81. The molecule has 1 fully saturated rings. The normalized spacial score (nSPS) is 25.7. The van der Waals surface area contributed by atoms with Crippen LogP contribution in [0.25, 0.3) is 0 Å². The Morgan fingerprint density at radius 2 is 1.92 bits per heavy atom. The first-order valence-electron chi connectivity index (χ1n) is 4.43. The highest BCUT2D eigenvalue weighted by Gasteiger charge is 2.41. The zero-order valence-electron chi connectivity index (χ0n) is 7.46. The van der Waals surface area contributed by atoms with Gasteiger partial charge in [-0.3, -0.25) is 4.79 Å². The lowest BCUT2D eigenvalue weighted by molar-refractivity contribution is 0.0968. The maximum Gasteiger partial charge on any atom is 0.167 e. The number of hydrogen-bond donors (Lipinski definition) is 0. The Balaban J connectivity index is 2.17. The van der Waals surface area contributed by atoms with E-state index >= 15 is 0 Å². The molecule has 0 N–H and O–H groups in total. The highest BCUT2D eigenvalue weighted by Crippen LogP contribution is 2.38. The van der Waals surface area contributed by atoms with Crippen LogP contribution in [0.5, 0.6) is 0 Å². The minimum Gasteiger partial charge on any atom is -0.294 e. The van der Waals surface area contributed by atoms with Crippen LogP contribution in [0.15, 0.2) is 24.3 Å². The molecule has 1 aromatic rings. The molecule has 0 bridgehead atoms. The molecular formula is C11H11ClO. The predicted molar refractivity (Wildman–Crippen MR) is 53.3 cm³/mol. The van der Waals surface area contributed by atoms with Crippen LogP contribution in [0.4, 0.5) is 0 Å². The van der Waals surface area contributed by atoms with Crippen LogP contribution in [0, 0.1) is 12.8 Å². The smallest absolute Gasteiger partial charge is 0.167 e. The van der Waals surface area contributed by atoms with Gasteiger partial charge in [-0.1, -0.05) is 29.8 Å². The van der Waals surface area contributed by atoms with E-state index < -0.39 is 0 Å². The third-order valence-electron chi connectivity index (χ3n) is 2.39. The number of halogens is 1. The van der Waals surface area contributed by atoms with E-state index in [1.165, 1.54) is 5.56 Å². The van der Waals surface area contributed by atoms with Gasteiger partial charge in [0.05, 0.1) is 0 Å². The molecule has 1 aliphatic rings. The molecular weight excluding hydrogens is 184 g/mol. The van der Waals surface area contributed by atoms with Gasteiger partial charge < -0.3 is 0 Å². The number of carbonyl (C=O) groups excluding carboxylic acids is 1. The number of rotatable bonds is 2. The molecule has 0 radical (unpaired) electrons. The second-order valence-corrected chi connectivity index (χ2v) is 4.15. The molecule has 2 rings (SSSR count). The number of benzene rings is 1. The van der Waals surface area contributed by atoms with Gasteiger partial charge in [0.15, 0.2) is 5.78 Å². The molecule has 0 spiro atoms. The van der Waals surface area contributed by atoms with Crippen molar-refractivity contribution in [3.63, 3.8) is 0 Å². The number of alkyl halides is 1. The van der Waals surface area contributed by atoms with Crippen molar-refractivity contribution in [1.29, 1.82) is 0 Å². The van der Waals surface area contributed by atoms with Crippen LogP contribution in [-0.4, -0.2) is 11.2 Å². The van der Waals surface area contributed by atoms with E-state index in [9.17, 15) is 4.79 Å². The van der Waals surface area contributed by atoms with Crippen molar-refractivity contribution in [1.82, 2.24) is 0 Å². The second-order valence-electron chi connectivity index (χ2n) is 3.59. The Morgan fingerprint density at radius 3 is 2.38 bits per heavy atom. The third-order valence-corrected chi connectivity index (χ3v) is 2.87. The zero-order chi connectivity index (χ0) is 9.42. The summed E-state index contributed by atoms with van der Waals surface area (Å²) in [6, 6.07) is 7.66.